The van der Waals surface area contributed by atoms with Gasteiger partial charge in [-0.3, -0.25) is 0 Å². The Morgan fingerprint density at radius 2 is 2.05 bits per heavy atom. The molecule has 1 aromatic carbocycles. The molecule has 0 atom stereocenters. The Morgan fingerprint density at radius 1 is 1.20 bits per heavy atom. The normalized spacial score (nSPS) is 10.8. The molecule has 2 aromatic heterocycles. The van der Waals surface area contributed by atoms with Crippen LogP contribution in [0.1, 0.15) is 17.1 Å². The van der Waals surface area contributed by atoms with E-state index in [1.54, 1.807) is 11.0 Å². The van der Waals surface area contributed by atoms with Gasteiger partial charge in [0.2, 0.25) is 0 Å². The second-order valence-corrected chi connectivity index (χ2v) is 4.50. The van der Waals surface area contributed by atoms with E-state index in [0.717, 1.165) is 22.8 Å². The molecule has 0 amide bonds. The van der Waals surface area contributed by atoms with Crippen LogP contribution >= 0.6 is 0 Å². The summed E-state index contributed by atoms with van der Waals surface area (Å²) >= 11 is 0. The van der Waals surface area contributed by atoms with Crippen molar-refractivity contribution >= 4 is 0 Å². The predicted molar refractivity (Wildman–Crippen MR) is 73.1 cm³/mol. The van der Waals surface area contributed by atoms with Gasteiger partial charge in [-0.1, -0.05) is 23.4 Å². The zero-order valence-corrected chi connectivity index (χ0v) is 11.2. The summed E-state index contributed by atoms with van der Waals surface area (Å²) in [7, 11) is 0. The number of benzene rings is 1. The van der Waals surface area contributed by atoms with Crippen molar-refractivity contribution in [2.75, 3.05) is 0 Å². The van der Waals surface area contributed by atoms with Gasteiger partial charge in [0.15, 0.2) is 5.76 Å². The van der Waals surface area contributed by atoms with Gasteiger partial charge < -0.3 is 9.84 Å². The molecule has 3 rings (SSSR count). The lowest BCUT2D eigenvalue weighted by molar-refractivity contribution is 0.369. The van der Waals surface area contributed by atoms with Crippen LogP contribution in [0.25, 0.3) is 5.69 Å². The van der Waals surface area contributed by atoms with Crippen LogP contribution in [0.15, 0.2) is 47.1 Å². The Morgan fingerprint density at radius 3 is 2.80 bits per heavy atom. The van der Waals surface area contributed by atoms with E-state index < -0.39 is 0 Å². The predicted octanol–water partition coefficient (Wildman–Crippen LogP) is 1.85. The number of aryl methyl sites for hydroxylation is 1. The summed E-state index contributed by atoms with van der Waals surface area (Å²) in [6.07, 6.45) is 1.76. The fraction of sp³-hybridized carbons (Fsp3) is 0.214. The molecule has 0 saturated heterocycles. The highest BCUT2D eigenvalue weighted by Gasteiger charge is 2.04. The van der Waals surface area contributed by atoms with Crippen molar-refractivity contribution in [3.8, 4) is 5.69 Å². The molecule has 0 radical (unpaired) electrons. The summed E-state index contributed by atoms with van der Waals surface area (Å²) in [6, 6.07) is 11.7. The second kappa shape index (κ2) is 5.66. The summed E-state index contributed by atoms with van der Waals surface area (Å²) in [4.78, 5) is 1.62. The number of nitrogens with one attached hydrogen (secondary N) is 1. The maximum absolute atomic E-state index is 5.12. The third-order valence-corrected chi connectivity index (χ3v) is 2.81. The number of para-hydroxylation sites is 1. The molecule has 0 aliphatic carbocycles. The van der Waals surface area contributed by atoms with Crippen molar-refractivity contribution in [2.45, 2.75) is 20.0 Å². The monoisotopic (exact) mass is 269 g/mol. The Balaban J connectivity index is 1.58. The molecule has 3 aromatic rings. The first-order valence-electron chi connectivity index (χ1n) is 6.41. The smallest absolute Gasteiger partial charge is 0.150 e. The van der Waals surface area contributed by atoms with Gasteiger partial charge >= 0.3 is 0 Å². The molecule has 102 valence electrons. The first-order valence-corrected chi connectivity index (χ1v) is 6.41. The van der Waals surface area contributed by atoms with Crippen molar-refractivity contribution < 1.29 is 4.52 Å². The highest BCUT2D eigenvalue weighted by molar-refractivity contribution is 5.28. The van der Waals surface area contributed by atoms with Crippen LogP contribution in [0.2, 0.25) is 0 Å². The highest BCUT2D eigenvalue weighted by Crippen LogP contribution is 2.05. The summed E-state index contributed by atoms with van der Waals surface area (Å²) in [6.45, 7) is 3.16. The molecule has 1 N–H and O–H groups in total. The maximum Gasteiger partial charge on any atom is 0.150 e. The first kappa shape index (κ1) is 12.6. The van der Waals surface area contributed by atoms with E-state index in [0.29, 0.717) is 13.1 Å². The third-order valence-electron chi connectivity index (χ3n) is 2.81. The molecule has 0 fully saturated rings. The second-order valence-electron chi connectivity index (χ2n) is 4.50. The quantitative estimate of drug-likeness (QED) is 0.765. The molecular weight excluding hydrogens is 254 g/mol. The van der Waals surface area contributed by atoms with Gasteiger partial charge in [0.25, 0.3) is 0 Å². The highest BCUT2D eigenvalue weighted by atomic mass is 16.5. The van der Waals surface area contributed by atoms with Crippen molar-refractivity contribution in [3.05, 3.63) is 59.7 Å². The summed E-state index contributed by atoms with van der Waals surface area (Å²) in [5.74, 6) is 0.818. The Kier molecular flexibility index (Phi) is 3.56. The van der Waals surface area contributed by atoms with E-state index in [4.69, 9.17) is 4.52 Å². The van der Waals surface area contributed by atoms with Crippen LogP contribution in [0.4, 0.5) is 0 Å². The number of nitrogens with zero attached hydrogens (tertiary/aromatic N) is 4. The van der Waals surface area contributed by atoms with Gasteiger partial charge in [0, 0.05) is 12.6 Å². The number of aromatic nitrogens is 4. The standard InChI is InChI=1S/C14H15N5O/c1-11-7-14(20-18-11)10-15-8-12-9-16-19(17-12)13-5-3-2-4-6-13/h2-7,9,15H,8,10H2,1H3. The molecule has 0 unspecified atom stereocenters. The zero-order valence-electron chi connectivity index (χ0n) is 11.2. The Bertz CT molecular complexity index is 674. The SMILES string of the molecule is Cc1cc(CNCc2cnn(-c3ccccc3)n2)on1. The molecular formula is C14H15N5O. The van der Waals surface area contributed by atoms with E-state index >= 15 is 0 Å². The van der Waals surface area contributed by atoms with Crippen LogP contribution in [-0.4, -0.2) is 20.2 Å². The van der Waals surface area contributed by atoms with Crippen LogP contribution < -0.4 is 5.32 Å². The molecule has 0 spiro atoms. The van der Waals surface area contributed by atoms with Crippen LogP contribution in [-0.2, 0) is 13.1 Å². The molecule has 0 aliphatic rings. The summed E-state index contributed by atoms with van der Waals surface area (Å²) in [5.41, 5.74) is 2.71. The van der Waals surface area contributed by atoms with Crippen LogP contribution in [0.5, 0.6) is 0 Å². The van der Waals surface area contributed by atoms with E-state index in [1.807, 2.05) is 43.3 Å². The van der Waals surface area contributed by atoms with Gasteiger partial charge in [0.1, 0.15) is 0 Å². The lowest BCUT2D eigenvalue weighted by Crippen LogP contribution is -2.12. The van der Waals surface area contributed by atoms with Crippen molar-refractivity contribution in [3.63, 3.8) is 0 Å². The van der Waals surface area contributed by atoms with Gasteiger partial charge in [-0.25, -0.2) is 0 Å². The number of hydrogen-bond acceptors (Lipinski definition) is 5. The molecule has 0 aliphatic heterocycles. The lowest BCUT2D eigenvalue weighted by Gasteiger charge is -1.99. The fourth-order valence-corrected chi connectivity index (χ4v) is 1.87. The molecule has 0 saturated carbocycles. The number of rotatable bonds is 5. The van der Waals surface area contributed by atoms with E-state index in [-0.39, 0.29) is 0 Å². The summed E-state index contributed by atoms with van der Waals surface area (Å²) < 4.78 is 5.12. The molecule has 20 heavy (non-hydrogen) atoms. The minimum atomic E-state index is 0.624. The van der Waals surface area contributed by atoms with Gasteiger partial charge in [0.05, 0.1) is 29.8 Å². The average molecular weight is 269 g/mol. The molecule has 2 heterocycles. The lowest BCUT2D eigenvalue weighted by atomic mass is 10.3. The topological polar surface area (TPSA) is 68.8 Å². The van der Waals surface area contributed by atoms with Crippen LogP contribution in [0.3, 0.4) is 0 Å². The zero-order chi connectivity index (χ0) is 13.8. The van der Waals surface area contributed by atoms with Crippen molar-refractivity contribution in [1.82, 2.24) is 25.5 Å². The average Bonchev–Trinajstić information content (AvgIpc) is 3.09. The third kappa shape index (κ3) is 2.92. The molecule has 6 nitrogen and oxygen atoms in total. The first-order chi connectivity index (χ1) is 9.81. The van der Waals surface area contributed by atoms with Crippen molar-refractivity contribution in [1.29, 1.82) is 0 Å². The maximum atomic E-state index is 5.12. The summed E-state index contributed by atoms with van der Waals surface area (Å²) in [5, 5.41) is 15.7. The van der Waals surface area contributed by atoms with E-state index in [1.165, 1.54) is 0 Å². The van der Waals surface area contributed by atoms with Crippen LogP contribution in [0, 0.1) is 6.92 Å². The largest absolute Gasteiger partial charge is 0.360 e. The molecule has 6 heteroatoms. The fourth-order valence-electron chi connectivity index (χ4n) is 1.87. The Labute approximate surface area is 116 Å². The Hall–Kier alpha value is -2.47. The van der Waals surface area contributed by atoms with Crippen molar-refractivity contribution in [2.24, 2.45) is 0 Å². The minimum Gasteiger partial charge on any atom is -0.360 e. The van der Waals surface area contributed by atoms with Gasteiger partial charge in [-0.05, 0) is 19.1 Å². The van der Waals surface area contributed by atoms with E-state index in [2.05, 4.69) is 20.7 Å². The molecule has 0 bridgehead atoms. The van der Waals surface area contributed by atoms with E-state index in [9.17, 15) is 0 Å². The van der Waals surface area contributed by atoms with Gasteiger partial charge in [-0.15, -0.1) is 0 Å². The van der Waals surface area contributed by atoms with Gasteiger partial charge in [-0.2, -0.15) is 15.0 Å². The number of hydrogen-bond donors (Lipinski definition) is 1. The minimum absolute atomic E-state index is 0.624.